The Morgan fingerprint density at radius 3 is 2.21 bits per heavy atom. The molecular weight excluding hydrogens is 467 g/mol. The van der Waals surface area contributed by atoms with E-state index in [4.69, 9.17) is 14.6 Å². The van der Waals surface area contributed by atoms with Gasteiger partial charge in [-0.15, -0.1) is 0 Å². The Kier molecular flexibility index (Phi) is 11.2. The van der Waals surface area contributed by atoms with E-state index >= 15 is 0 Å². The summed E-state index contributed by atoms with van der Waals surface area (Å²) in [5.74, 6) is -2.77. The van der Waals surface area contributed by atoms with Crippen LogP contribution in [-0.2, 0) is 24.3 Å². The Bertz CT molecular complexity index is 903. The highest BCUT2D eigenvalue weighted by Crippen LogP contribution is 2.19. The molecule has 1 aliphatic heterocycles. The highest BCUT2D eigenvalue weighted by Gasteiger charge is 2.38. The highest BCUT2D eigenvalue weighted by molar-refractivity contribution is 7.89. The van der Waals surface area contributed by atoms with Crippen LogP contribution < -0.4 is 5.32 Å². The number of amides is 1. The number of alkyl halides is 3. The number of nitrogens with zero attached hydrogens (tertiary/aromatic N) is 2. The molecule has 0 atom stereocenters. The van der Waals surface area contributed by atoms with Crippen molar-refractivity contribution in [1.82, 2.24) is 14.5 Å². The molecule has 0 radical (unpaired) electrons. The van der Waals surface area contributed by atoms with E-state index in [1.165, 1.54) is 11.4 Å². The second-order valence-electron chi connectivity index (χ2n) is 7.33. The van der Waals surface area contributed by atoms with E-state index in [1.807, 2.05) is 19.9 Å². The van der Waals surface area contributed by atoms with E-state index in [9.17, 15) is 26.4 Å². The number of sulfonamides is 1. The van der Waals surface area contributed by atoms with Gasteiger partial charge in [-0.1, -0.05) is 6.07 Å². The fraction of sp³-hybridized carbons (Fsp3) is 0.600. The highest BCUT2D eigenvalue weighted by atomic mass is 32.2. The van der Waals surface area contributed by atoms with Crippen LogP contribution in [0.25, 0.3) is 0 Å². The molecule has 1 saturated heterocycles. The number of aliphatic carboxylic acids is 1. The molecule has 2 rings (SSSR count). The molecule has 0 bridgehead atoms. The summed E-state index contributed by atoms with van der Waals surface area (Å²) in [6.07, 6.45) is -4.91. The van der Waals surface area contributed by atoms with E-state index in [-0.39, 0.29) is 36.9 Å². The topological polar surface area (TPSA) is 116 Å². The lowest BCUT2D eigenvalue weighted by Crippen LogP contribution is -2.47. The lowest BCUT2D eigenvalue weighted by Gasteiger charge is -2.28. The summed E-state index contributed by atoms with van der Waals surface area (Å²) < 4.78 is 64.2. The Labute approximate surface area is 191 Å². The maximum Gasteiger partial charge on any atom is 0.490 e. The van der Waals surface area contributed by atoms with Crippen molar-refractivity contribution in [2.75, 3.05) is 53.0 Å². The number of rotatable bonds is 8. The van der Waals surface area contributed by atoms with Gasteiger partial charge in [-0.2, -0.15) is 17.5 Å². The molecule has 0 aliphatic carbocycles. The molecule has 0 unspecified atom stereocenters. The molecule has 1 heterocycles. The molecule has 1 aromatic rings. The zero-order chi connectivity index (χ0) is 25.2. The number of halogens is 3. The van der Waals surface area contributed by atoms with Crippen molar-refractivity contribution < 1.29 is 41.0 Å². The summed E-state index contributed by atoms with van der Waals surface area (Å²) >= 11 is 0. The Balaban J connectivity index is 0.000000675. The Morgan fingerprint density at radius 2 is 1.73 bits per heavy atom. The number of methoxy groups -OCH3 is 1. The largest absolute Gasteiger partial charge is 0.490 e. The molecule has 0 saturated carbocycles. The maximum absolute atomic E-state index is 13.0. The molecule has 1 aliphatic rings. The number of hydrogen-bond acceptors (Lipinski definition) is 6. The quantitative estimate of drug-likeness (QED) is 0.558. The number of aryl methyl sites for hydroxylation is 2. The van der Waals surface area contributed by atoms with Gasteiger partial charge in [-0.05, 0) is 37.1 Å². The van der Waals surface area contributed by atoms with Gasteiger partial charge in [0.2, 0.25) is 15.9 Å². The van der Waals surface area contributed by atoms with Crippen LogP contribution in [-0.4, -0.2) is 93.8 Å². The number of nitrogens with one attached hydrogen (secondary N) is 1. The molecule has 0 spiro atoms. The Morgan fingerprint density at radius 1 is 1.15 bits per heavy atom. The van der Waals surface area contributed by atoms with Crippen LogP contribution in [0.1, 0.15) is 17.5 Å². The van der Waals surface area contributed by atoms with Crippen molar-refractivity contribution in [1.29, 1.82) is 0 Å². The standard InChI is InChI=1S/C18H29N3O4S.C2HF3O2/c1-15-4-5-17(14-16(15)2)26(23,24)21(12-13-25-3)9-6-18(22)20-10-7-19-8-11-20;3-2(4,5)1(6)7/h4-5,14,19H,6-13H2,1-3H3;(H,6,7). The van der Waals surface area contributed by atoms with Gasteiger partial charge in [0, 0.05) is 52.8 Å². The van der Waals surface area contributed by atoms with Gasteiger partial charge in [0.15, 0.2) is 0 Å². The van der Waals surface area contributed by atoms with Crippen LogP contribution in [0, 0.1) is 13.8 Å². The molecule has 2 N–H and O–H groups in total. The average Bonchev–Trinajstić information content (AvgIpc) is 2.75. The zero-order valence-corrected chi connectivity index (χ0v) is 19.6. The molecule has 188 valence electrons. The van der Waals surface area contributed by atoms with Crippen LogP contribution in [0.4, 0.5) is 13.2 Å². The van der Waals surface area contributed by atoms with Gasteiger partial charge in [0.1, 0.15) is 0 Å². The molecule has 1 amide bonds. The summed E-state index contributed by atoms with van der Waals surface area (Å²) in [4.78, 5) is 23.3. The minimum Gasteiger partial charge on any atom is -0.475 e. The fourth-order valence-electron chi connectivity index (χ4n) is 2.86. The van der Waals surface area contributed by atoms with Gasteiger partial charge >= 0.3 is 12.1 Å². The second kappa shape index (κ2) is 12.9. The van der Waals surface area contributed by atoms with Crippen LogP contribution in [0.3, 0.4) is 0 Å². The SMILES string of the molecule is COCCN(CCC(=O)N1CCNCC1)S(=O)(=O)c1ccc(C)c(C)c1.O=C(O)C(F)(F)F. The number of carboxylic acids is 1. The van der Waals surface area contributed by atoms with E-state index in [1.54, 1.807) is 17.0 Å². The predicted molar refractivity (Wildman–Crippen MR) is 114 cm³/mol. The van der Waals surface area contributed by atoms with Crippen molar-refractivity contribution in [2.45, 2.75) is 31.3 Å². The summed E-state index contributed by atoms with van der Waals surface area (Å²) in [6.45, 7) is 7.39. The third kappa shape index (κ3) is 9.27. The number of piperazine rings is 1. The molecule has 0 aromatic heterocycles. The fourth-order valence-corrected chi connectivity index (χ4v) is 4.37. The van der Waals surface area contributed by atoms with E-state index in [0.29, 0.717) is 13.1 Å². The normalized spacial score (nSPS) is 14.6. The van der Waals surface area contributed by atoms with Gasteiger partial charge in [0.05, 0.1) is 11.5 Å². The van der Waals surface area contributed by atoms with Crippen LogP contribution in [0.2, 0.25) is 0 Å². The maximum atomic E-state index is 13.0. The van der Waals surface area contributed by atoms with E-state index in [0.717, 1.165) is 24.2 Å². The molecule has 13 heteroatoms. The van der Waals surface area contributed by atoms with Crippen molar-refractivity contribution in [3.63, 3.8) is 0 Å². The van der Waals surface area contributed by atoms with Crippen LogP contribution >= 0.6 is 0 Å². The first kappa shape index (κ1) is 28.8. The van der Waals surface area contributed by atoms with E-state index in [2.05, 4.69) is 5.32 Å². The van der Waals surface area contributed by atoms with Crippen LogP contribution in [0.15, 0.2) is 23.1 Å². The molecule has 33 heavy (non-hydrogen) atoms. The molecule has 9 nitrogen and oxygen atoms in total. The van der Waals surface area contributed by atoms with Crippen LogP contribution in [0.5, 0.6) is 0 Å². The molecule has 1 aromatic carbocycles. The Hall–Kier alpha value is -2.22. The summed E-state index contributed by atoms with van der Waals surface area (Å²) in [6, 6.07) is 5.11. The van der Waals surface area contributed by atoms with Gasteiger partial charge < -0.3 is 20.1 Å². The number of carbonyl (C=O) groups is 2. The lowest BCUT2D eigenvalue weighted by molar-refractivity contribution is -0.192. The number of carbonyl (C=O) groups excluding carboxylic acids is 1. The first-order chi connectivity index (χ1) is 15.3. The van der Waals surface area contributed by atoms with Crippen molar-refractivity contribution in [2.24, 2.45) is 0 Å². The zero-order valence-electron chi connectivity index (χ0n) is 18.8. The van der Waals surface area contributed by atoms with Crippen molar-refractivity contribution >= 4 is 21.9 Å². The van der Waals surface area contributed by atoms with Gasteiger partial charge in [-0.3, -0.25) is 4.79 Å². The summed E-state index contributed by atoms with van der Waals surface area (Å²) in [5.41, 5.74) is 1.97. The lowest BCUT2D eigenvalue weighted by atomic mass is 10.1. The molecule has 1 fully saturated rings. The minimum absolute atomic E-state index is 0.01000. The minimum atomic E-state index is -5.08. The first-order valence-electron chi connectivity index (χ1n) is 10.2. The van der Waals surface area contributed by atoms with E-state index < -0.39 is 22.2 Å². The smallest absolute Gasteiger partial charge is 0.475 e. The number of carboxylic acid groups (broad SMARTS) is 1. The number of benzene rings is 1. The predicted octanol–water partition coefficient (Wildman–Crippen LogP) is 1.40. The second-order valence-corrected chi connectivity index (χ2v) is 9.26. The first-order valence-corrected chi connectivity index (χ1v) is 11.6. The molecular formula is C20H30F3N3O6S. The third-order valence-corrected chi connectivity index (χ3v) is 6.84. The monoisotopic (exact) mass is 497 g/mol. The summed E-state index contributed by atoms with van der Waals surface area (Å²) in [7, 11) is -2.13. The third-order valence-electron chi connectivity index (χ3n) is 4.95. The number of hydrogen-bond donors (Lipinski definition) is 2. The van der Waals surface area contributed by atoms with Crippen molar-refractivity contribution in [3.8, 4) is 0 Å². The summed E-state index contributed by atoms with van der Waals surface area (Å²) in [5, 5.41) is 10.3. The van der Waals surface area contributed by atoms with Gasteiger partial charge in [-0.25, -0.2) is 13.2 Å². The van der Waals surface area contributed by atoms with Crippen molar-refractivity contribution in [3.05, 3.63) is 29.3 Å². The van der Waals surface area contributed by atoms with Gasteiger partial charge in [0.25, 0.3) is 0 Å². The number of ether oxygens (including phenoxy) is 1. The average molecular weight is 498 g/mol.